The summed E-state index contributed by atoms with van der Waals surface area (Å²) in [7, 11) is 0. The number of nitrogens with zero attached hydrogens (tertiary/aromatic N) is 2. The van der Waals surface area contributed by atoms with Crippen LogP contribution in [0.15, 0.2) is 30.5 Å². The molecule has 0 bridgehead atoms. The van der Waals surface area contributed by atoms with Gasteiger partial charge in [-0.3, -0.25) is 0 Å². The van der Waals surface area contributed by atoms with Crippen molar-refractivity contribution in [1.82, 2.24) is 9.97 Å². The Morgan fingerprint density at radius 3 is 2.79 bits per heavy atom. The van der Waals surface area contributed by atoms with Gasteiger partial charge in [0, 0.05) is 31.0 Å². The van der Waals surface area contributed by atoms with Gasteiger partial charge in [0.15, 0.2) is 0 Å². The van der Waals surface area contributed by atoms with Crippen LogP contribution >= 0.6 is 11.6 Å². The molecule has 0 radical (unpaired) electrons. The Bertz CT molecular complexity index is 790. The van der Waals surface area contributed by atoms with E-state index in [1.54, 1.807) is 6.20 Å². The maximum Gasteiger partial charge on any atom is 0.126 e. The lowest BCUT2D eigenvalue weighted by Gasteiger charge is -2.26. The number of halogens is 1. The van der Waals surface area contributed by atoms with E-state index < -0.39 is 0 Å². The van der Waals surface area contributed by atoms with Crippen LogP contribution in [0.25, 0.3) is 11.3 Å². The van der Waals surface area contributed by atoms with Crippen LogP contribution in [0, 0.1) is 0 Å². The third-order valence-corrected chi connectivity index (χ3v) is 5.77. The van der Waals surface area contributed by atoms with E-state index in [-0.39, 0.29) is 12.2 Å². The van der Waals surface area contributed by atoms with E-state index in [1.807, 2.05) is 24.3 Å². The Kier molecular flexibility index (Phi) is 6.29. The smallest absolute Gasteiger partial charge is 0.126 e. The van der Waals surface area contributed by atoms with E-state index in [1.165, 1.54) is 0 Å². The number of pyridine rings is 2. The van der Waals surface area contributed by atoms with Crippen LogP contribution in [0.1, 0.15) is 38.5 Å². The molecule has 7 heteroatoms. The van der Waals surface area contributed by atoms with E-state index in [9.17, 15) is 5.11 Å². The van der Waals surface area contributed by atoms with Gasteiger partial charge >= 0.3 is 0 Å². The lowest BCUT2D eigenvalue weighted by atomic mass is 9.93. The second-order valence-corrected chi connectivity index (χ2v) is 8.03. The van der Waals surface area contributed by atoms with Crippen LogP contribution in [-0.2, 0) is 4.74 Å². The normalized spacial score (nSPS) is 24.9. The van der Waals surface area contributed by atoms with E-state index >= 15 is 0 Å². The highest BCUT2D eigenvalue weighted by Crippen LogP contribution is 2.30. The Balaban J connectivity index is 1.46. The molecule has 0 aromatic carbocycles. The number of aliphatic hydroxyl groups is 1. The Hall–Kier alpha value is -1.89. The van der Waals surface area contributed by atoms with E-state index in [0.717, 1.165) is 74.6 Å². The van der Waals surface area contributed by atoms with Gasteiger partial charge in [-0.1, -0.05) is 17.7 Å². The Labute approximate surface area is 170 Å². The molecule has 28 heavy (non-hydrogen) atoms. The molecule has 2 aromatic heterocycles. The molecule has 4 rings (SSSR count). The van der Waals surface area contributed by atoms with Crippen LogP contribution in [-0.4, -0.2) is 46.5 Å². The number of anilines is 2. The number of aromatic nitrogens is 2. The first kappa shape index (κ1) is 19.4. The van der Waals surface area contributed by atoms with Gasteiger partial charge in [-0.2, -0.15) is 0 Å². The average Bonchev–Trinajstić information content (AvgIpc) is 3.23. The fraction of sp³-hybridized carbons (Fsp3) is 0.524. The molecule has 1 aliphatic carbocycles. The van der Waals surface area contributed by atoms with Crippen molar-refractivity contribution < 1.29 is 9.84 Å². The van der Waals surface area contributed by atoms with Gasteiger partial charge in [0.05, 0.1) is 22.9 Å². The summed E-state index contributed by atoms with van der Waals surface area (Å²) >= 11 is 6.42. The molecule has 3 heterocycles. The second kappa shape index (κ2) is 9.07. The standard InChI is InChI=1S/C21H27ClN4O2/c22-18-13-24-21(25-14-6-8-15(27)9-7-14)11-17(18)19-4-1-5-20(26-19)23-12-16-3-2-10-28-16/h1,4-5,11,13-16,27H,2-3,6-10,12H2,(H,23,26)(H,24,25)/t14?,15?,16-/m1/s1. The van der Waals surface area contributed by atoms with E-state index in [2.05, 4.69) is 15.6 Å². The molecule has 150 valence electrons. The van der Waals surface area contributed by atoms with Crippen molar-refractivity contribution in [2.45, 2.75) is 56.8 Å². The minimum Gasteiger partial charge on any atom is -0.393 e. The van der Waals surface area contributed by atoms with Crippen molar-refractivity contribution >= 4 is 23.2 Å². The minimum absolute atomic E-state index is 0.166. The number of hydrogen-bond donors (Lipinski definition) is 3. The zero-order valence-electron chi connectivity index (χ0n) is 15.9. The summed E-state index contributed by atoms with van der Waals surface area (Å²) in [5.41, 5.74) is 1.67. The molecule has 2 aliphatic rings. The van der Waals surface area contributed by atoms with E-state index in [0.29, 0.717) is 11.1 Å². The van der Waals surface area contributed by atoms with Crippen LogP contribution < -0.4 is 10.6 Å². The average molecular weight is 403 g/mol. The maximum atomic E-state index is 9.68. The third-order valence-electron chi connectivity index (χ3n) is 5.46. The van der Waals surface area contributed by atoms with Gasteiger partial charge in [-0.25, -0.2) is 9.97 Å². The molecule has 1 saturated heterocycles. The first-order chi connectivity index (χ1) is 13.7. The van der Waals surface area contributed by atoms with Crippen molar-refractivity contribution in [1.29, 1.82) is 0 Å². The molecule has 2 fully saturated rings. The molecule has 0 spiro atoms. The molecule has 3 N–H and O–H groups in total. The highest BCUT2D eigenvalue weighted by atomic mass is 35.5. The number of nitrogens with one attached hydrogen (secondary N) is 2. The minimum atomic E-state index is -0.166. The third kappa shape index (κ3) is 4.93. The van der Waals surface area contributed by atoms with Gasteiger partial charge in [-0.05, 0) is 56.7 Å². The van der Waals surface area contributed by atoms with Crippen molar-refractivity contribution in [2.24, 2.45) is 0 Å². The molecule has 6 nitrogen and oxygen atoms in total. The fourth-order valence-electron chi connectivity index (χ4n) is 3.85. The maximum absolute atomic E-state index is 9.68. The Morgan fingerprint density at radius 2 is 2.00 bits per heavy atom. The quantitative estimate of drug-likeness (QED) is 0.675. The molecule has 0 unspecified atom stereocenters. The zero-order chi connectivity index (χ0) is 19.3. The van der Waals surface area contributed by atoms with Crippen molar-refractivity contribution in [3.8, 4) is 11.3 Å². The SMILES string of the molecule is OC1CCC(Nc2cc(-c3cccc(NC[C@H]4CCCO4)n3)c(Cl)cn2)CC1. The predicted octanol–water partition coefficient (Wildman–Crippen LogP) is 4.10. The summed E-state index contributed by atoms with van der Waals surface area (Å²) in [6.45, 7) is 1.61. The molecule has 1 aliphatic heterocycles. The lowest BCUT2D eigenvalue weighted by molar-refractivity contribution is 0.120. The number of aliphatic hydroxyl groups excluding tert-OH is 1. The van der Waals surface area contributed by atoms with Gasteiger partial charge in [0.1, 0.15) is 11.6 Å². The van der Waals surface area contributed by atoms with Crippen LogP contribution in [0.2, 0.25) is 5.02 Å². The fourth-order valence-corrected chi connectivity index (χ4v) is 4.05. The molecule has 1 atom stereocenters. The van der Waals surface area contributed by atoms with Gasteiger partial charge in [0.25, 0.3) is 0 Å². The monoisotopic (exact) mass is 402 g/mol. The highest BCUT2D eigenvalue weighted by Gasteiger charge is 2.20. The summed E-state index contributed by atoms with van der Waals surface area (Å²) in [4.78, 5) is 9.15. The topological polar surface area (TPSA) is 79.3 Å². The largest absolute Gasteiger partial charge is 0.393 e. The van der Waals surface area contributed by atoms with E-state index in [4.69, 9.17) is 21.3 Å². The van der Waals surface area contributed by atoms with Crippen LogP contribution in [0.3, 0.4) is 0 Å². The first-order valence-corrected chi connectivity index (χ1v) is 10.5. The van der Waals surface area contributed by atoms with Crippen molar-refractivity contribution in [3.05, 3.63) is 35.5 Å². The lowest BCUT2D eigenvalue weighted by Crippen LogP contribution is -2.28. The van der Waals surface area contributed by atoms with Gasteiger partial charge in [0.2, 0.25) is 0 Å². The summed E-state index contributed by atoms with van der Waals surface area (Å²) in [6.07, 6.45) is 7.55. The second-order valence-electron chi connectivity index (χ2n) is 7.62. The summed E-state index contributed by atoms with van der Waals surface area (Å²) in [6, 6.07) is 8.18. The number of ether oxygens (including phenoxy) is 1. The Morgan fingerprint density at radius 1 is 1.14 bits per heavy atom. The van der Waals surface area contributed by atoms with Crippen LogP contribution in [0.5, 0.6) is 0 Å². The first-order valence-electron chi connectivity index (χ1n) is 10.1. The van der Waals surface area contributed by atoms with Crippen molar-refractivity contribution in [3.63, 3.8) is 0 Å². The van der Waals surface area contributed by atoms with Crippen molar-refractivity contribution in [2.75, 3.05) is 23.8 Å². The molecule has 2 aromatic rings. The molecule has 1 saturated carbocycles. The molecular weight excluding hydrogens is 376 g/mol. The predicted molar refractivity (Wildman–Crippen MR) is 112 cm³/mol. The van der Waals surface area contributed by atoms with Gasteiger partial charge in [-0.15, -0.1) is 0 Å². The van der Waals surface area contributed by atoms with Crippen LogP contribution in [0.4, 0.5) is 11.6 Å². The number of hydrogen-bond acceptors (Lipinski definition) is 6. The number of rotatable bonds is 6. The van der Waals surface area contributed by atoms with Gasteiger partial charge < -0.3 is 20.5 Å². The summed E-state index contributed by atoms with van der Waals surface area (Å²) in [5.74, 6) is 1.61. The summed E-state index contributed by atoms with van der Waals surface area (Å²) in [5, 5.41) is 17.1. The highest BCUT2D eigenvalue weighted by molar-refractivity contribution is 6.33. The zero-order valence-corrected chi connectivity index (χ0v) is 16.7. The molecule has 0 amide bonds. The molecular formula is C21H27ClN4O2. The summed E-state index contributed by atoms with van der Waals surface area (Å²) < 4.78 is 5.66.